The van der Waals surface area contributed by atoms with Crippen LogP contribution < -0.4 is 11.1 Å². The van der Waals surface area contributed by atoms with Crippen molar-refractivity contribution < 1.29 is 9.90 Å². The van der Waals surface area contributed by atoms with E-state index >= 15 is 0 Å². The first-order valence-electron chi connectivity index (χ1n) is 4.22. The van der Waals surface area contributed by atoms with Crippen molar-refractivity contribution in [1.29, 1.82) is 0 Å². The lowest BCUT2D eigenvalue weighted by Crippen LogP contribution is -2.42. The number of carbonyl (C=O) groups excluding carboxylic acids is 1. The monoisotopic (exact) mass is 210 g/mol. The zero-order valence-corrected chi connectivity index (χ0v) is 8.93. The zero-order chi connectivity index (χ0) is 9.56. The highest BCUT2D eigenvalue weighted by atomic mass is 35.5. The second-order valence-electron chi connectivity index (χ2n) is 3.25. The predicted molar refractivity (Wildman–Crippen MR) is 54.8 cm³/mol. The first-order chi connectivity index (χ1) is 5.57. The molecule has 0 unspecified atom stereocenters. The summed E-state index contributed by atoms with van der Waals surface area (Å²) in [6.45, 7) is 4.27. The fourth-order valence-electron chi connectivity index (χ4n) is 0.925. The van der Waals surface area contributed by atoms with Crippen molar-refractivity contribution >= 4 is 18.3 Å². The van der Waals surface area contributed by atoms with Crippen molar-refractivity contribution in [3.8, 4) is 0 Å². The fraction of sp³-hybridized carbons (Fsp3) is 0.875. The van der Waals surface area contributed by atoms with E-state index in [9.17, 15) is 4.79 Å². The van der Waals surface area contributed by atoms with Crippen LogP contribution >= 0.6 is 12.4 Å². The average Bonchev–Trinajstić information content (AvgIpc) is 1.98. The molecular weight excluding hydrogens is 192 g/mol. The van der Waals surface area contributed by atoms with Crippen LogP contribution in [-0.4, -0.2) is 30.2 Å². The van der Waals surface area contributed by atoms with Gasteiger partial charge in [0.25, 0.3) is 0 Å². The Labute approximate surface area is 85.3 Å². The maximum atomic E-state index is 11.1. The number of rotatable bonds is 5. The van der Waals surface area contributed by atoms with Crippen LogP contribution in [-0.2, 0) is 4.79 Å². The topological polar surface area (TPSA) is 75.4 Å². The lowest BCUT2D eigenvalue weighted by atomic mass is 10.0. The summed E-state index contributed by atoms with van der Waals surface area (Å²) in [5, 5.41) is 10.9. The van der Waals surface area contributed by atoms with Crippen molar-refractivity contribution in [3.63, 3.8) is 0 Å². The number of amides is 1. The minimum absolute atomic E-state index is 0. The number of nitrogens with two attached hydrogens (primary N) is 1. The molecule has 0 aromatic carbocycles. The molecule has 0 saturated heterocycles. The number of hydrogen-bond acceptors (Lipinski definition) is 3. The van der Waals surface area contributed by atoms with Crippen molar-refractivity contribution in [1.82, 2.24) is 5.32 Å². The summed E-state index contributed by atoms with van der Waals surface area (Å²) in [6, 6.07) is -0.448. The van der Waals surface area contributed by atoms with Gasteiger partial charge in [-0.3, -0.25) is 4.79 Å². The predicted octanol–water partition coefficient (Wildman–Crippen LogP) is -0.110. The van der Waals surface area contributed by atoms with E-state index in [4.69, 9.17) is 10.8 Å². The number of nitrogens with one attached hydrogen (secondary N) is 1. The van der Waals surface area contributed by atoms with Gasteiger partial charge < -0.3 is 16.2 Å². The molecule has 80 valence electrons. The van der Waals surface area contributed by atoms with Gasteiger partial charge in [-0.2, -0.15) is 0 Å². The normalized spacial score (nSPS) is 12.1. The molecule has 1 amide bonds. The van der Waals surface area contributed by atoms with Gasteiger partial charge in [0.2, 0.25) is 5.91 Å². The molecule has 0 aromatic heterocycles. The van der Waals surface area contributed by atoms with E-state index in [1.807, 2.05) is 13.8 Å². The Balaban J connectivity index is 0. The second-order valence-corrected chi connectivity index (χ2v) is 3.25. The van der Waals surface area contributed by atoms with Gasteiger partial charge in [0.05, 0.1) is 12.6 Å². The Kier molecular flexibility index (Phi) is 9.67. The van der Waals surface area contributed by atoms with Crippen LogP contribution in [0, 0.1) is 5.92 Å². The largest absolute Gasteiger partial charge is 0.395 e. The van der Waals surface area contributed by atoms with Crippen LogP contribution in [0.25, 0.3) is 0 Å². The van der Waals surface area contributed by atoms with Crippen molar-refractivity contribution in [3.05, 3.63) is 0 Å². The Hall–Kier alpha value is -0.320. The Bertz CT molecular complexity index is 142. The minimum atomic E-state index is -0.448. The van der Waals surface area contributed by atoms with Crippen LogP contribution in [0.3, 0.4) is 0 Å². The van der Waals surface area contributed by atoms with Gasteiger partial charge in [0.15, 0.2) is 0 Å². The van der Waals surface area contributed by atoms with Crippen molar-refractivity contribution in [2.24, 2.45) is 11.7 Å². The van der Waals surface area contributed by atoms with Crippen LogP contribution in [0.4, 0.5) is 0 Å². The Morgan fingerprint density at radius 3 is 2.46 bits per heavy atom. The molecule has 0 fully saturated rings. The van der Waals surface area contributed by atoms with Gasteiger partial charge in [0, 0.05) is 6.54 Å². The summed E-state index contributed by atoms with van der Waals surface area (Å²) in [6.07, 6.45) is 0.678. The number of aliphatic hydroxyl groups is 1. The molecule has 0 aromatic rings. The molecule has 0 radical (unpaired) electrons. The summed E-state index contributed by atoms with van der Waals surface area (Å²) in [7, 11) is 0. The Morgan fingerprint density at radius 1 is 1.54 bits per heavy atom. The van der Waals surface area contributed by atoms with E-state index in [1.54, 1.807) is 0 Å². The van der Waals surface area contributed by atoms with E-state index in [2.05, 4.69) is 5.32 Å². The standard InChI is InChI=1S/C8H18N2O2.ClH/c1-6(2)5-7(9)8(12)10-3-4-11;/h6-7,11H,3-5,9H2,1-2H3,(H,10,12);1H/t7-;/m0./s1. The van der Waals surface area contributed by atoms with Crippen LogP contribution in [0.1, 0.15) is 20.3 Å². The second kappa shape index (κ2) is 8.29. The lowest BCUT2D eigenvalue weighted by Gasteiger charge is -2.13. The molecule has 4 nitrogen and oxygen atoms in total. The molecule has 0 saturated carbocycles. The zero-order valence-electron chi connectivity index (χ0n) is 8.12. The molecule has 13 heavy (non-hydrogen) atoms. The third kappa shape index (κ3) is 8.02. The number of carbonyl (C=O) groups is 1. The highest BCUT2D eigenvalue weighted by molar-refractivity contribution is 5.85. The van der Waals surface area contributed by atoms with E-state index in [-0.39, 0.29) is 31.5 Å². The maximum absolute atomic E-state index is 11.1. The molecule has 1 atom stereocenters. The number of halogens is 1. The summed E-state index contributed by atoms with van der Waals surface area (Å²) in [5.74, 6) is 0.234. The summed E-state index contributed by atoms with van der Waals surface area (Å²) in [4.78, 5) is 11.1. The van der Waals surface area contributed by atoms with E-state index in [0.29, 0.717) is 12.3 Å². The molecule has 4 N–H and O–H groups in total. The van der Waals surface area contributed by atoms with Gasteiger partial charge in [-0.25, -0.2) is 0 Å². The van der Waals surface area contributed by atoms with E-state index < -0.39 is 6.04 Å². The quantitative estimate of drug-likeness (QED) is 0.593. The SMILES string of the molecule is CC(C)C[C@H](N)C(=O)NCCO.Cl. The molecule has 5 heteroatoms. The highest BCUT2D eigenvalue weighted by Gasteiger charge is 2.13. The third-order valence-corrected chi connectivity index (χ3v) is 1.47. The molecule has 0 bridgehead atoms. The molecular formula is C8H19ClN2O2. The average molecular weight is 211 g/mol. The molecule has 0 aliphatic heterocycles. The first-order valence-corrected chi connectivity index (χ1v) is 4.22. The van der Waals surface area contributed by atoms with Crippen molar-refractivity contribution in [2.75, 3.05) is 13.2 Å². The summed E-state index contributed by atoms with van der Waals surface area (Å²) in [5.41, 5.74) is 5.57. The Morgan fingerprint density at radius 2 is 2.08 bits per heavy atom. The highest BCUT2D eigenvalue weighted by Crippen LogP contribution is 2.01. The molecule has 0 aliphatic carbocycles. The smallest absolute Gasteiger partial charge is 0.237 e. The maximum Gasteiger partial charge on any atom is 0.237 e. The fourth-order valence-corrected chi connectivity index (χ4v) is 0.925. The van der Waals surface area contributed by atoms with Gasteiger partial charge in [-0.05, 0) is 12.3 Å². The number of hydrogen-bond donors (Lipinski definition) is 3. The van der Waals surface area contributed by atoms with E-state index in [1.165, 1.54) is 0 Å². The summed E-state index contributed by atoms with van der Waals surface area (Å²) >= 11 is 0. The van der Waals surface area contributed by atoms with Crippen LogP contribution in [0.15, 0.2) is 0 Å². The molecule has 0 spiro atoms. The lowest BCUT2D eigenvalue weighted by molar-refractivity contribution is -0.122. The molecule has 0 heterocycles. The van der Waals surface area contributed by atoms with Gasteiger partial charge >= 0.3 is 0 Å². The molecule has 0 aliphatic rings. The van der Waals surface area contributed by atoms with Crippen LogP contribution in [0.5, 0.6) is 0 Å². The van der Waals surface area contributed by atoms with Gasteiger partial charge in [0.1, 0.15) is 0 Å². The molecule has 0 rings (SSSR count). The van der Waals surface area contributed by atoms with Gasteiger partial charge in [-0.15, -0.1) is 12.4 Å². The summed E-state index contributed by atoms with van der Waals surface area (Å²) < 4.78 is 0. The number of aliphatic hydroxyl groups excluding tert-OH is 1. The minimum Gasteiger partial charge on any atom is -0.395 e. The van der Waals surface area contributed by atoms with Gasteiger partial charge in [-0.1, -0.05) is 13.8 Å². The van der Waals surface area contributed by atoms with Crippen molar-refractivity contribution in [2.45, 2.75) is 26.3 Å². The third-order valence-electron chi connectivity index (χ3n) is 1.47. The first kappa shape index (κ1) is 15.2. The van der Waals surface area contributed by atoms with E-state index in [0.717, 1.165) is 0 Å². The van der Waals surface area contributed by atoms with Crippen LogP contribution in [0.2, 0.25) is 0 Å².